The molecule has 0 aliphatic carbocycles. The van der Waals surface area contributed by atoms with Crippen LogP contribution in [0.15, 0.2) is 42.9 Å². The Morgan fingerprint density at radius 2 is 2.12 bits per heavy atom. The van der Waals surface area contributed by atoms with Crippen molar-refractivity contribution >= 4 is 11.8 Å². The Labute approximate surface area is 146 Å². The summed E-state index contributed by atoms with van der Waals surface area (Å²) >= 11 is 0. The van der Waals surface area contributed by atoms with Crippen molar-refractivity contribution in [3.63, 3.8) is 0 Å². The molecule has 0 bridgehead atoms. The van der Waals surface area contributed by atoms with E-state index in [0.29, 0.717) is 31.1 Å². The van der Waals surface area contributed by atoms with Crippen LogP contribution in [-0.2, 0) is 16.1 Å². The van der Waals surface area contributed by atoms with Crippen molar-refractivity contribution in [1.82, 2.24) is 14.9 Å². The summed E-state index contributed by atoms with van der Waals surface area (Å²) in [4.78, 5) is 21.8. The molecule has 2 aromatic heterocycles. The van der Waals surface area contributed by atoms with Crippen molar-refractivity contribution in [1.29, 1.82) is 0 Å². The van der Waals surface area contributed by atoms with Crippen LogP contribution in [0.1, 0.15) is 30.0 Å². The highest BCUT2D eigenvalue weighted by molar-refractivity contribution is 5.75. The molecule has 1 aliphatic rings. The predicted octanol–water partition coefficient (Wildman–Crippen LogP) is 1.87. The minimum atomic E-state index is -0.874. The number of rotatable bonds is 6. The number of ether oxygens (including phenoxy) is 1. The molecule has 1 saturated heterocycles. The van der Waals surface area contributed by atoms with E-state index in [1.807, 2.05) is 17.0 Å². The van der Waals surface area contributed by atoms with Crippen molar-refractivity contribution < 1.29 is 14.6 Å². The van der Waals surface area contributed by atoms with Crippen molar-refractivity contribution in [2.75, 3.05) is 18.8 Å². The number of hydrogen-bond acceptors (Lipinski definition) is 6. The second-order valence-corrected chi connectivity index (χ2v) is 6.16. The minimum Gasteiger partial charge on any atom is -0.480 e. The molecule has 1 atom stereocenters. The van der Waals surface area contributed by atoms with E-state index in [1.54, 1.807) is 30.7 Å². The average Bonchev–Trinajstić information content (AvgIpc) is 2.63. The molecule has 1 unspecified atom stereocenters. The average molecular weight is 342 g/mol. The highest BCUT2D eigenvalue weighted by Gasteiger charge is 2.31. The first-order chi connectivity index (χ1) is 12.1. The Morgan fingerprint density at radius 1 is 1.32 bits per heavy atom. The van der Waals surface area contributed by atoms with Gasteiger partial charge in [-0.25, -0.2) is 4.98 Å². The Morgan fingerprint density at radius 3 is 2.72 bits per heavy atom. The largest absolute Gasteiger partial charge is 0.480 e. The van der Waals surface area contributed by atoms with E-state index in [0.717, 1.165) is 18.4 Å². The SMILES string of the molecule is Nc1ccc(C(C(=O)O)N2CCC(OCc3cccnc3)CC2)cn1. The fraction of sp³-hybridized carbons (Fsp3) is 0.389. The molecule has 7 nitrogen and oxygen atoms in total. The number of pyridine rings is 2. The lowest BCUT2D eigenvalue weighted by Crippen LogP contribution is -2.42. The zero-order valence-corrected chi connectivity index (χ0v) is 13.9. The van der Waals surface area contributed by atoms with Gasteiger partial charge in [-0.05, 0) is 36.1 Å². The van der Waals surface area contributed by atoms with Crippen molar-refractivity contribution in [2.45, 2.75) is 31.6 Å². The maximum absolute atomic E-state index is 11.7. The molecule has 0 spiro atoms. The summed E-state index contributed by atoms with van der Waals surface area (Å²) < 4.78 is 5.94. The number of nitrogen functional groups attached to an aromatic ring is 1. The number of aromatic nitrogens is 2. The smallest absolute Gasteiger partial charge is 0.325 e. The molecule has 3 N–H and O–H groups in total. The van der Waals surface area contributed by atoms with Gasteiger partial charge in [-0.2, -0.15) is 0 Å². The number of carboxylic acids is 1. The number of hydrogen-bond donors (Lipinski definition) is 2. The number of anilines is 1. The lowest BCUT2D eigenvalue weighted by atomic mass is 10.0. The van der Waals surface area contributed by atoms with Crippen LogP contribution in [0.25, 0.3) is 0 Å². The normalized spacial score (nSPS) is 17.3. The fourth-order valence-electron chi connectivity index (χ4n) is 3.09. The topological polar surface area (TPSA) is 102 Å². The van der Waals surface area contributed by atoms with E-state index in [9.17, 15) is 9.90 Å². The van der Waals surface area contributed by atoms with Gasteiger partial charge in [-0.15, -0.1) is 0 Å². The molecule has 2 aromatic rings. The van der Waals surface area contributed by atoms with Gasteiger partial charge in [0.25, 0.3) is 0 Å². The lowest BCUT2D eigenvalue weighted by molar-refractivity contribution is -0.145. The van der Waals surface area contributed by atoms with Crippen LogP contribution < -0.4 is 5.73 Å². The summed E-state index contributed by atoms with van der Waals surface area (Å²) in [5.41, 5.74) is 7.28. The second kappa shape index (κ2) is 8.04. The first-order valence-corrected chi connectivity index (χ1v) is 8.32. The van der Waals surface area contributed by atoms with E-state index in [1.165, 1.54) is 0 Å². The second-order valence-electron chi connectivity index (χ2n) is 6.16. The summed E-state index contributed by atoms with van der Waals surface area (Å²) in [6.45, 7) is 1.86. The van der Waals surface area contributed by atoms with E-state index in [4.69, 9.17) is 10.5 Å². The zero-order chi connectivity index (χ0) is 17.6. The maximum Gasteiger partial charge on any atom is 0.325 e. The number of nitrogens with zero attached hydrogens (tertiary/aromatic N) is 3. The fourth-order valence-corrected chi connectivity index (χ4v) is 3.09. The summed E-state index contributed by atoms with van der Waals surface area (Å²) in [7, 11) is 0. The number of aliphatic carboxylic acids is 1. The quantitative estimate of drug-likeness (QED) is 0.826. The van der Waals surface area contributed by atoms with Gasteiger partial charge in [-0.3, -0.25) is 14.7 Å². The van der Waals surface area contributed by atoms with Crippen molar-refractivity contribution in [2.24, 2.45) is 0 Å². The summed E-state index contributed by atoms with van der Waals surface area (Å²) in [5, 5.41) is 9.63. The molecule has 0 radical (unpaired) electrons. The molecular formula is C18H22N4O3. The third kappa shape index (κ3) is 4.52. The number of carbonyl (C=O) groups is 1. The molecular weight excluding hydrogens is 320 g/mol. The highest BCUT2D eigenvalue weighted by Crippen LogP contribution is 2.26. The van der Waals surface area contributed by atoms with E-state index < -0.39 is 12.0 Å². The van der Waals surface area contributed by atoms with Crippen LogP contribution in [0.5, 0.6) is 0 Å². The summed E-state index contributed by atoms with van der Waals surface area (Å²) in [6, 6.07) is 6.53. The lowest BCUT2D eigenvalue weighted by Gasteiger charge is -2.35. The van der Waals surface area contributed by atoms with Gasteiger partial charge in [0, 0.05) is 31.7 Å². The maximum atomic E-state index is 11.7. The van der Waals surface area contributed by atoms with Gasteiger partial charge in [0.05, 0.1) is 12.7 Å². The monoisotopic (exact) mass is 342 g/mol. The highest BCUT2D eigenvalue weighted by atomic mass is 16.5. The van der Waals surface area contributed by atoms with Gasteiger partial charge in [0.1, 0.15) is 11.9 Å². The summed E-state index contributed by atoms with van der Waals surface area (Å²) in [5.74, 6) is -0.489. The molecule has 7 heteroatoms. The zero-order valence-electron chi connectivity index (χ0n) is 13.9. The number of carboxylic acid groups (broad SMARTS) is 1. The molecule has 1 aliphatic heterocycles. The Bertz CT molecular complexity index is 685. The van der Waals surface area contributed by atoms with E-state index in [2.05, 4.69) is 9.97 Å². The molecule has 3 heterocycles. The standard InChI is InChI=1S/C18H22N4O3/c19-16-4-3-14(11-21-16)17(18(23)24)22-8-5-15(6-9-22)25-12-13-2-1-7-20-10-13/h1-4,7,10-11,15,17H,5-6,8-9,12H2,(H2,19,21)(H,23,24). The van der Waals surface area contributed by atoms with E-state index in [-0.39, 0.29) is 6.10 Å². The van der Waals surface area contributed by atoms with Gasteiger partial charge >= 0.3 is 5.97 Å². The van der Waals surface area contributed by atoms with E-state index >= 15 is 0 Å². The molecule has 0 amide bonds. The van der Waals surface area contributed by atoms with Gasteiger partial charge in [0.15, 0.2) is 0 Å². The van der Waals surface area contributed by atoms with Crippen LogP contribution in [0.2, 0.25) is 0 Å². The van der Waals surface area contributed by atoms with Crippen LogP contribution in [-0.4, -0.2) is 45.1 Å². The Kier molecular flexibility index (Phi) is 5.57. The first kappa shape index (κ1) is 17.3. The van der Waals surface area contributed by atoms with Gasteiger partial charge in [-0.1, -0.05) is 12.1 Å². The summed E-state index contributed by atoms with van der Waals surface area (Å²) in [6.07, 6.45) is 6.80. The van der Waals surface area contributed by atoms with Crippen LogP contribution in [0.3, 0.4) is 0 Å². The molecule has 1 fully saturated rings. The first-order valence-electron chi connectivity index (χ1n) is 8.32. The molecule has 3 rings (SSSR count). The van der Waals surface area contributed by atoms with Crippen molar-refractivity contribution in [3.05, 3.63) is 54.0 Å². The van der Waals surface area contributed by atoms with Crippen LogP contribution in [0.4, 0.5) is 5.82 Å². The van der Waals surface area contributed by atoms with Gasteiger partial charge < -0.3 is 15.6 Å². The third-order valence-corrected chi connectivity index (χ3v) is 4.41. The third-order valence-electron chi connectivity index (χ3n) is 4.41. The minimum absolute atomic E-state index is 0.135. The molecule has 0 aromatic carbocycles. The predicted molar refractivity (Wildman–Crippen MR) is 92.6 cm³/mol. The number of nitrogens with two attached hydrogens (primary N) is 1. The van der Waals surface area contributed by atoms with Crippen molar-refractivity contribution in [3.8, 4) is 0 Å². The molecule has 0 saturated carbocycles. The number of likely N-dealkylation sites (tertiary alicyclic amines) is 1. The molecule has 132 valence electrons. The number of piperidine rings is 1. The Balaban J connectivity index is 1.56. The van der Waals surface area contributed by atoms with Crippen LogP contribution in [0, 0.1) is 0 Å². The van der Waals surface area contributed by atoms with Crippen LogP contribution >= 0.6 is 0 Å². The van der Waals surface area contributed by atoms with Gasteiger partial charge in [0.2, 0.25) is 0 Å². The molecule has 25 heavy (non-hydrogen) atoms. The Hall–Kier alpha value is -2.51.